The van der Waals surface area contributed by atoms with Crippen molar-refractivity contribution in [3.63, 3.8) is 0 Å². The number of hydroxylamine groups is 1. The van der Waals surface area contributed by atoms with Gasteiger partial charge in [0.15, 0.2) is 11.5 Å². The molecule has 2 amide bonds. The number of carbonyl (C=O) groups is 2. The number of rotatable bonds is 5. The zero-order valence-electron chi connectivity index (χ0n) is 16.1. The van der Waals surface area contributed by atoms with Gasteiger partial charge in [-0.25, -0.2) is 9.87 Å². The van der Waals surface area contributed by atoms with Gasteiger partial charge in [-0.05, 0) is 65.7 Å². The van der Waals surface area contributed by atoms with Crippen molar-refractivity contribution in [1.82, 2.24) is 5.48 Å². The number of fused-ring (bicyclic) bond motifs is 1. The highest BCUT2D eigenvalue weighted by Gasteiger charge is 2.19. The standard InChI is InChI=1S/C23H17FN2O5/c24-17-6-1-14(2-7-17)11-19(16-5-10-20-21(12-16)31-13-30-20)23(28)25-18-8-3-15(4-9-18)22(27)26-29/h1-12,29H,13H2,(H,25,28)(H,26,27). The number of ether oxygens (including phenoxy) is 2. The van der Waals surface area contributed by atoms with Crippen LogP contribution in [-0.4, -0.2) is 23.8 Å². The predicted octanol–water partition coefficient (Wildman–Crippen LogP) is 3.85. The van der Waals surface area contributed by atoms with E-state index in [0.29, 0.717) is 33.9 Å². The van der Waals surface area contributed by atoms with Crippen LogP contribution in [0.15, 0.2) is 66.7 Å². The maximum atomic E-state index is 13.3. The third-order valence-electron chi connectivity index (χ3n) is 4.62. The van der Waals surface area contributed by atoms with Gasteiger partial charge in [-0.1, -0.05) is 18.2 Å². The van der Waals surface area contributed by atoms with Crippen LogP contribution >= 0.6 is 0 Å². The molecule has 7 nitrogen and oxygen atoms in total. The second-order valence-corrected chi connectivity index (χ2v) is 6.65. The summed E-state index contributed by atoms with van der Waals surface area (Å²) in [6.45, 7) is 0.107. The molecule has 0 atom stereocenters. The molecule has 4 rings (SSSR count). The zero-order valence-corrected chi connectivity index (χ0v) is 16.1. The van der Waals surface area contributed by atoms with Crippen molar-refractivity contribution in [1.29, 1.82) is 0 Å². The van der Waals surface area contributed by atoms with Crippen molar-refractivity contribution in [3.05, 3.63) is 89.2 Å². The first kappa shape index (κ1) is 20.1. The van der Waals surface area contributed by atoms with E-state index in [1.807, 2.05) is 0 Å². The molecular weight excluding hydrogens is 403 g/mol. The van der Waals surface area contributed by atoms with Crippen LogP contribution in [0.25, 0.3) is 11.6 Å². The van der Waals surface area contributed by atoms with Crippen molar-refractivity contribution in [3.8, 4) is 11.5 Å². The Morgan fingerprint density at radius 1 is 0.903 bits per heavy atom. The van der Waals surface area contributed by atoms with Crippen LogP contribution in [0, 0.1) is 5.82 Å². The van der Waals surface area contributed by atoms with E-state index in [2.05, 4.69) is 5.32 Å². The summed E-state index contributed by atoms with van der Waals surface area (Å²) in [5.74, 6) is -0.339. The van der Waals surface area contributed by atoms with Crippen LogP contribution in [-0.2, 0) is 4.79 Å². The van der Waals surface area contributed by atoms with Gasteiger partial charge in [0.25, 0.3) is 11.8 Å². The number of nitrogens with one attached hydrogen (secondary N) is 2. The fourth-order valence-electron chi connectivity index (χ4n) is 3.04. The van der Waals surface area contributed by atoms with Gasteiger partial charge in [0, 0.05) is 16.8 Å². The Bertz CT molecular complexity index is 1160. The molecule has 3 aromatic carbocycles. The predicted molar refractivity (Wildman–Crippen MR) is 111 cm³/mol. The van der Waals surface area contributed by atoms with Gasteiger partial charge in [-0.15, -0.1) is 0 Å². The van der Waals surface area contributed by atoms with Gasteiger partial charge in [0.2, 0.25) is 6.79 Å². The Labute approximate surface area is 176 Å². The Hall–Kier alpha value is -4.17. The molecule has 0 bridgehead atoms. The Morgan fingerprint density at radius 3 is 2.29 bits per heavy atom. The minimum Gasteiger partial charge on any atom is -0.454 e. The van der Waals surface area contributed by atoms with Crippen LogP contribution in [0.5, 0.6) is 11.5 Å². The van der Waals surface area contributed by atoms with E-state index in [0.717, 1.165) is 0 Å². The molecule has 156 valence electrons. The number of hydrogen-bond acceptors (Lipinski definition) is 5. The molecule has 8 heteroatoms. The minimum absolute atomic E-state index is 0.107. The van der Waals surface area contributed by atoms with E-state index in [4.69, 9.17) is 14.7 Å². The van der Waals surface area contributed by atoms with Crippen LogP contribution in [0.1, 0.15) is 21.5 Å². The SMILES string of the molecule is O=C(Nc1ccc(C(=O)NO)cc1)C(=Cc1ccc(F)cc1)c1ccc2c(c1)OCO2. The zero-order chi connectivity index (χ0) is 21.8. The van der Waals surface area contributed by atoms with E-state index in [1.165, 1.54) is 36.4 Å². The summed E-state index contributed by atoms with van der Waals surface area (Å²) in [7, 11) is 0. The first-order chi connectivity index (χ1) is 15.0. The molecule has 0 saturated heterocycles. The Morgan fingerprint density at radius 2 is 1.58 bits per heavy atom. The number of carbonyl (C=O) groups excluding carboxylic acids is 2. The number of benzene rings is 3. The molecule has 1 heterocycles. The van der Waals surface area contributed by atoms with Gasteiger partial charge in [0.05, 0.1) is 0 Å². The highest BCUT2D eigenvalue weighted by molar-refractivity contribution is 6.29. The summed E-state index contributed by atoms with van der Waals surface area (Å²) in [5, 5.41) is 11.5. The van der Waals surface area contributed by atoms with Crippen LogP contribution in [0.3, 0.4) is 0 Å². The van der Waals surface area contributed by atoms with Gasteiger partial charge >= 0.3 is 0 Å². The average Bonchev–Trinajstić information content (AvgIpc) is 3.26. The highest BCUT2D eigenvalue weighted by Crippen LogP contribution is 2.35. The quantitative estimate of drug-likeness (QED) is 0.252. The molecule has 0 saturated carbocycles. The third-order valence-corrected chi connectivity index (χ3v) is 4.62. The van der Waals surface area contributed by atoms with E-state index >= 15 is 0 Å². The fourth-order valence-corrected chi connectivity index (χ4v) is 3.04. The number of hydrogen-bond donors (Lipinski definition) is 3. The van der Waals surface area contributed by atoms with Crippen molar-refractivity contribution in [2.24, 2.45) is 0 Å². The molecular formula is C23H17FN2O5. The summed E-state index contributed by atoms with van der Waals surface area (Å²) >= 11 is 0. The molecule has 0 radical (unpaired) electrons. The smallest absolute Gasteiger partial charge is 0.274 e. The van der Waals surface area contributed by atoms with Crippen LogP contribution < -0.4 is 20.3 Å². The third kappa shape index (κ3) is 4.54. The molecule has 0 aromatic heterocycles. The summed E-state index contributed by atoms with van der Waals surface area (Å²) in [6.07, 6.45) is 1.64. The van der Waals surface area contributed by atoms with Crippen LogP contribution in [0.4, 0.5) is 10.1 Å². The van der Waals surface area contributed by atoms with Crippen molar-refractivity contribution in [2.45, 2.75) is 0 Å². The topological polar surface area (TPSA) is 96.9 Å². The lowest BCUT2D eigenvalue weighted by Crippen LogP contribution is -2.18. The first-order valence-corrected chi connectivity index (χ1v) is 9.26. The summed E-state index contributed by atoms with van der Waals surface area (Å²) in [5.41, 5.74) is 3.78. The van der Waals surface area contributed by atoms with E-state index < -0.39 is 11.8 Å². The molecule has 0 aliphatic carbocycles. The van der Waals surface area contributed by atoms with E-state index in [1.54, 1.807) is 41.9 Å². The van der Waals surface area contributed by atoms with Crippen molar-refractivity contribution < 1.29 is 28.7 Å². The van der Waals surface area contributed by atoms with Crippen LogP contribution in [0.2, 0.25) is 0 Å². The minimum atomic E-state index is -0.657. The lowest BCUT2D eigenvalue weighted by atomic mass is 10.0. The fraction of sp³-hybridized carbons (Fsp3) is 0.0435. The van der Waals surface area contributed by atoms with E-state index in [9.17, 15) is 14.0 Å². The van der Waals surface area contributed by atoms with Crippen molar-refractivity contribution >= 4 is 29.2 Å². The van der Waals surface area contributed by atoms with Gasteiger partial charge in [-0.2, -0.15) is 0 Å². The monoisotopic (exact) mass is 420 g/mol. The summed E-state index contributed by atoms with van der Waals surface area (Å²) in [6, 6.07) is 16.9. The second kappa shape index (κ2) is 8.68. The number of amides is 2. The molecule has 3 N–H and O–H groups in total. The van der Waals surface area contributed by atoms with Gasteiger partial charge in [0.1, 0.15) is 5.82 Å². The lowest BCUT2D eigenvalue weighted by molar-refractivity contribution is -0.111. The maximum absolute atomic E-state index is 13.3. The van der Waals surface area contributed by atoms with Gasteiger partial charge in [-0.3, -0.25) is 14.8 Å². The number of halogens is 1. The molecule has 1 aliphatic heterocycles. The van der Waals surface area contributed by atoms with Gasteiger partial charge < -0.3 is 14.8 Å². The molecule has 31 heavy (non-hydrogen) atoms. The molecule has 3 aromatic rings. The Kier molecular flexibility index (Phi) is 5.63. The van der Waals surface area contributed by atoms with E-state index in [-0.39, 0.29) is 18.2 Å². The molecule has 0 fully saturated rings. The molecule has 1 aliphatic rings. The lowest BCUT2D eigenvalue weighted by Gasteiger charge is -2.11. The largest absolute Gasteiger partial charge is 0.454 e. The first-order valence-electron chi connectivity index (χ1n) is 9.26. The normalized spacial score (nSPS) is 12.4. The maximum Gasteiger partial charge on any atom is 0.274 e. The second-order valence-electron chi connectivity index (χ2n) is 6.65. The number of anilines is 1. The average molecular weight is 420 g/mol. The summed E-state index contributed by atoms with van der Waals surface area (Å²) < 4.78 is 24.0. The molecule has 0 spiro atoms. The van der Waals surface area contributed by atoms with Crippen molar-refractivity contribution in [2.75, 3.05) is 12.1 Å². The molecule has 0 unspecified atom stereocenters. The summed E-state index contributed by atoms with van der Waals surface area (Å²) in [4.78, 5) is 24.6. The Balaban J connectivity index is 1.66. The highest BCUT2D eigenvalue weighted by atomic mass is 19.1.